The molecule has 1 heterocycles. The molecular formula is C14H17ClN4O2. The van der Waals surface area contributed by atoms with Crippen LogP contribution in [0.25, 0.3) is 0 Å². The number of ether oxygens (including phenoxy) is 2. The fourth-order valence-electron chi connectivity index (χ4n) is 1.85. The molecule has 0 spiro atoms. The van der Waals surface area contributed by atoms with E-state index in [0.717, 1.165) is 11.3 Å². The van der Waals surface area contributed by atoms with Crippen LogP contribution in [0, 0.1) is 6.92 Å². The second-order valence-corrected chi connectivity index (χ2v) is 4.70. The number of imidazole rings is 1. The molecule has 0 saturated heterocycles. The number of methoxy groups -OCH3 is 1. The summed E-state index contributed by atoms with van der Waals surface area (Å²) in [5, 5.41) is 4.70. The third-order valence-corrected chi connectivity index (χ3v) is 2.98. The highest BCUT2D eigenvalue weighted by molar-refractivity contribution is 6.32. The van der Waals surface area contributed by atoms with E-state index in [1.807, 2.05) is 13.8 Å². The molecule has 2 N–H and O–H groups in total. The summed E-state index contributed by atoms with van der Waals surface area (Å²) >= 11 is 6.18. The van der Waals surface area contributed by atoms with Crippen LogP contribution in [-0.4, -0.2) is 29.6 Å². The van der Waals surface area contributed by atoms with Crippen LogP contribution in [-0.2, 0) is 0 Å². The molecule has 0 saturated carbocycles. The van der Waals surface area contributed by atoms with E-state index in [2.05, 4.69) is 10.1 Å². The summed E-state index contributed by atoms with van der Waals surface area (Å²) in [4.78, 5) is 4.07. The van der Waals surface area contributed by atoms with Crippen molar-refractivity contribution in [1.82, 2.24) is 9.66 Å². The molecule has 0 aliphatic heterocycles. The molecule has 0 aliphatic carbocycles. The molecule has 0 fully saturated rings. The lowest BCUT2D eigenvalue weighted by Crippen LogP contribution is -1.99. The molecule has 1 aromatic heterocycles. The van der Waals surface area contributed by atoms with Gasteiger partial charge in [-0.3, -0.25) is 0 Å². The van der Waals surface area contributed by atoms with Crippen LogP contribution in [0.15, 0.2) is 23.4 Å². The van der Waals surface area contributed by atoms with E-state index < -0.39 is 0 Å². The van der Waals surface area contributed by atoms with Gasteiger partial charge in [0.2, 0.25) is 5.95 Å². The van der Waals surface area contributed by atoms with Crippen LogP contribution >= 0.6 is 11.6 Å². The Bertz CT molecular complexity index is 667. The van der Waals surface area contributed by atoms with Gasteiger partial charge >= 0.3 is 0 Å². The lowest BCUT2D eigenvalue weighted by atomic mass is 10.2. The number of halogens is 1. The van der Waals surface area contributed by atoms with Gasteiger partial charge in [-0.1, -0.05) is 11.6 Å². The van der Waals surface area contributed by atoms with Crippen molar-refractivity contribution < 1.29 is 9.47 Å². The van der Waals surface area contributed by atoms with Gasteiger partial charge in [0.15, 0.2) is 11.5 Å². The molecule has 2 aromatic rings. The maximum absolute atomic E-state index is 6.18. The first kappa shape index (κ1) is 15.2. The summed E-state index contributed by atoms with van der Waals surface area (Å²) in [6, 6.07) is 3.55. The standard InChI is InChI=1S/C14H17ClN4O2/c1-4-21-12-6-10(5-11(15)13(12)20-3)7-17-19-8-9(2)18-14(19)16/h5-8H,4H2,1-3H3,(H2,16,18). The van der Waals surface area contributed by atoms with Gasteiger partial charge in [0.05, 0.1) is 36.8 Å². The van der Waals surface area contributed by atoms with Gasteiger partial charge in [0, 0.05) is 0 Å². The highest BCUT2D eigenvalue weighted by Crippen LogP contribution is 2.35. The lowest BCUT2D eigenvalue weighted by Gasteiger charge is -2.11. The lowest BCUT2D eigenvalue weighted by molar-refractivity contribution is 0.311. The first-order valence-electron chi connectivity index (χ1n) is 6.41. The Hall–Kier alpha value is -2.21. The molecule has 0 unspecified atom stereocenters. The SMILES string of the molecule is CCOc1cc(C=Nn2cc(C)nc2N)cc(Cl)c1OC. The molecular weight excluding hydrogens is 292 g/mol. The maximum Gasteiger partial charge on any atom is 0.221 e. The molecule has 6 nitrogen and oxygen atoms in total. The van der Waals surface area contributed by atoms with Gasteiger partial charge in [0.25, 0.3) is 0 Å². The number of hydrogen-bond acceptors (Lipinski definition) is 5. The predicted molar refractivity (Wildman–Crippen MR) is 83.5 cm³/mol. The van der Waals surface area contributed by atoms with Gasteiger partial charge < -0.3 is 15.2 Å². The van der Waals surface area contributed by atoms with Crippen molar-refractivity contribution in [3.05, 3.63) is 34.6 Å². The van der Waals surface area contributed by atoms with E-state index in [-0.39, 0.29) is 0 Å². The third kappa shape index (κ3) is 3.46. The molecule has 112 valence electrons. The average Bonchev–Trinajstić information content (AvgIpc) is 2.75. The number of aryl methyl sites for hydroxylation is 1. The van der Waals surface area contributed by atoms with Crippen LogP contribution in [0.5, 0.6) is 11.5 Å². The number of anilines is 1. The molecule has 1 aromatic carbocycles. The number of benzene rings is 1. The molecule has 0 aliphatic rings. The van der Waals surface area contributed by atoms with Crippen molar-refractivity contribution >= 4 is 23.8 Å². The zero-order chi connectivity index (χ0) is 15.4. The Balaban J connectivity index is 2.34. The van der Waals surface area contributed by atoms with Crippen molar-refractivity contribution in [2.45, 2.75) is 13.8 Å². The molecule has 2 rings (SSSR count). The first-order valence-corrected chi connectivity index (χ1v) is 6.79. The largest absolute Gasteiger partial charge is 0.491 e. The van der Waals surface area contributed by atoms with E-state index in [1.165, 1.54) is 4.68 Å². The highest BCUT2D eigenvalue weighted by atomic mass is 35.5. The molecule has 21 heavy (non-hydrogen) atoms. The molecule has 0 bridgehead atoms. The van der Waals surface area contributed by atoms with Crippen LogP contribution in [0.3, 0.4) is 0 Å². The Kier molecular flexibility index (Phi) is 4.70. The summed E-state index contributed by atoms with van der Waals surface area (Å²) in [6.07, 6.45) is 3.37. The minimum Gasteiger partial charge on any atom is -0.491 e. The van der Waals surface area contributed by atoms with Crippen LogP contribution < -0.4 is 15.2 Å². The monoisotopic (exact) mass is 308 g/mol. The van der Waals surface area contributed by atoms with Crippen molar-refractivity contribution in [2.75, 3.05) is 19.5 Å². The number of nitrogens with two attached hydrogens (primary N) is 1. The van der Waals surface area contributed by atoms with E-state index in [4.69, 9.17) is 26.8 Å². The zero-order valence-corrected chi connectivity index (χ0v) is 12.9. The normalized spacial score (nSPS) is 11.0. The summed E-state index contributed by atoms with van der Waals surface area (Å²) in [5.74, 6) is 1.41. The van der Waals surface area contributed by atoms with E-state index >= 15 is 0 Å². The number of nitrogens with zero attached hydrogens (tertiary/aromatic N) is 3. The Morgan fingerprint density at radius 1 is 1.48 bits per heavy atom. The highest BCUT2D eigenvalue weighted by Gasteiger charge is 2.10. The van der Waals surface area contributed by atoms with Crippen molar-refractivity contribution in [1.29, 1.82) is 0 Å². The summed E-state index contributed by atoms with van der Waals surface area (Å²) in [5.41, 5.74) is 7.30. The topological polar surface area (TPSA) is 74.7 Å². The maximum atomic E-state index is 6.18. The second kappa shape index (κ2) is 6.49. The van der Waals surface area contributed by atoms with Crippen molar-refractivity contribution in [3.63, 3.8) is 0 Å². The van der Waals surface area contributed by atoms with Crippen LogP contribution in [0.2, 0.25) is 5.02 Å². The van der Waals surface area contributed by atoms with Gasteiger partial charge in [-0.15, -0.1) is 0 Å². The second-order valence-electron chi connectivity index (χ2n) is 4.30. The van der Waals surface area contributed by atoms with E-state index in [9.17, 15) is 0 Å². The fourth-order valence-corrected chi connectivity index (χ4v) is 2.15. The molecule has 7 heteroatoms. The zero-order valence-electron chi connectivity index (χ0n) is 12.1. The van der Waals surface area contributed by atoms with Crippen molar-refractivity contribution in [3.8, 4) is 11.5 Å². The third-order valence-electron chi connectivity index (χ3n) is 2.70. The van der Waals surface area contributed by atoms with Crippen LogP contribution in [0.1, 0.15) is 18.2 Å². The minimum atomic E-state index is 0.327. The fraction of sp³-hybridized carbons (Fsp3) is 0.286. The average molecular weight is 309 g/mol. The Labute approximate surface area is 128 Å². The quantitative estimate of drug-likeness (QED) is 0.862. The van der Waals surface area contributed by atoms with E-state index in [1.54, 1.807) is 31.7 Å². The minimum absolute atomic E-state index is 0.327. The summed E-state index contributed by atoms with van der Waals surface area (Å²) in [6.45, 7) is 4.25. The molecule has 0 atom stereocenters. The van der Waals surface area contributed by atoms with Gasteiger partial charge in [-0.2, -0.15) is 5.10 Å². The summed E-state index contributed by atoms with van der Waals surface area (Å²) < 4.78 is 12.2. The number of aromatic nitrogens is 2. The Morgan fingerprint density at radius 3 is 2.81 bits per heavy atom. The van der Waals surface area contributed by atoms with Gasteiger partial charge in [-0.05, 0) is 31.5 Å². The smallest absolute Gasteiger partial charge is 0.221 e. The summed E-state index contributed by atoms with van der Waals surface area (Å²) in [7, 11) is 1.55. The predicted octanol–water partition coefficient (Wildman–Crippen LogP) is 2.72. The van der Waals surface area contributed by atoms with E-state index in [0.29, 0.717) is 29.1 Å². The number of rotatable bonds is 5. The first-order chi connectivity index (χ1) is 10.0. The van der Waals surface area contributed by atoms with Crippen molar-refractivity contribution in [2.24, 2.45) is 5.10 Å². The Morgan fingerprint density at radius 2 is 2.24 bits per heavy atom. The molecule has 0 amide bonds. The van der Waals surface area contributed by atoms with Gasteiger partial charge in [0.1, 0.15) is 0 Å². The molecule has 0 radical (unpaired) electrons. The number of nitrogen functional groups attached to an aromatic ring is 1. The van der Waals surface area contributed by atoms with Gasteiger partial charge in [-0.25, -0.2) is 9.66 Å². The number of hydrogen-bond donors (Lipinski definition) is 1. The van der Waals surface area contributed by atoms with Crippen LogP contribution in [0.4, 0.5) is 5.95 Å².